The van der Waals surface area contributed by atoms with Crippen molar-refractivity contribution in [3.8, 4) is 0 Å². The van der Waals surface area contributed by atoms with Crippen LogP contribution in [0.15, 0.2) is 54.6 Å². The van der Waals surface area contributed by atoms with Crippen LogP contribution in [-0.2, 0) is 14.9 Å². The molecule has 1 aromatic carbocycles. The van der Waals surface area contributed by atoms with Crippen LogP contribution in [0, 0.1) is 0 Å². The van der Waals surface area contributed by atoms with Crippen LogP contribution in [0.3, 0.4) is 0 Å². The molecule has 24 heavy (non-hydrogen) atoms. The van der Waals surface area contributed by atoms with Gasteiger partial charge in [0, 0.05) is 19.2 Å². The summed E-state index contributed by atoms with van der Waals surface area (Å²) in [5.74, 6) is -0.0558. The summed E-state index contributed by atoms with van der Waals surface area (Å²) in [6, 6.07) is 10.6. The molecule has 0 spiro atoms. The third-order valence-corrected chi connectivity index (χ3v) is 4.51. The van der Waals surface area contributed by atoms with Crippen molar-refractivity contribution in [2.24, 2.45) is 0 Å². The summed E-state index contributed by atoms with van der Waals surface area (Å²) in [7, 11) is 0. The Morgan fingerprint density at radius 3 is 2.79 bits per heavy atom. The Morgan fingerprint density at radius 2 is 2.08 bits per heavy atom. The van der Waals surface area contributed by atoms with Crippen LogP contribution in [0.4, 0.5) is 0 Å². The monoisotopic (exact) mass is 327 g/mol. The summed E-state index contributed by atoms with van der Waals surface area (Å²) in [5.41, 5.74) is 1.52. The Balaban J connectivity index is 1.65. The molecule has 1 unspecified atom stereocenters. The van der Waals surface area contributed by atoms with Gasteiger partial charge in [-0.1, -0.05) is 62.4 Å². The lowest BCUT2D eigenvalue weighted by atomic mass is 9.80. The first-order valence-corrected chi connectivity index (χ1v) is 8.86. The van der Waals surface area contributed by atoms with Crippen LogP contribution in [0.5, 0.6) is 0 Å². The molecule has 1 amide bonds. The van der Waals surface area contributed by atoms with E-state index in [1.807, 2.05) is 12.1 Å². The molecule has 1 aromatic rings. The third kappa shape index (κ3) is 6.32. The minimum Gasteiger partial charge on any atom is -0.376 e. The average Bonchev–Trinajstić information content (AvgIpc) is 3.10. The van der Waals surface area contributed by atoms with Crippen molar-refractivity contribution in [3.63, 3.8) is 0 Å². The fourth-order valence-electron chi connectivity index (χ4n) is 2.87. The smallest absolute Gasteiger partial charge is 0.244 e. The molecule has 0 aliphatic carbocycles. The van der Waals surface area contributed by atoms with Crippen molar-refractivity contribution in [3.05, 3.63) is 60.2 Å². The average molecular weight is 327 g/mol. The molecule has 0 bridgehead atoms. The Labute approximate surface area is 145 Å². The number of hydrogen-bond acceptors (Lipinski definition) is 2. The lowest BCUT2D eigenvalue weighted by Gasteiger charge is -2.24. The van der Waals surface area contributed by atoms with Gasteiger partial charge in [0.15, 0.2) is 0 Å². The fraction of sp³-hybridized carbons (Fsp3) is 0.476. The largest absolute Gasteiger partial charge is 0.376 e. The first kappa shape index (κ1) is 18.5. The second-order valence-electron chi connectivity index (χ2n) is 6.96. The second-order valence-corrected chi connectivity index (χ2v) is 6.96. The molecule has 1 aliphatic heterocycles. The zero-order chi connectivity index (χ0) is 17.3. The van der Waals surface area contributed by atoms with Crippen LogP contribution >= 0.6 is 0 Å². The number of allylic oxidation sites excluding steroid dienone is 3. The SMILES string of the molecule is CC(C)(CCC=CC=CC(=O)NCC1CCCO1)c1ccccc1. The second kappa shape index (κ2) is 9.43. The number of benzene rings is 1. The number of ether oxygens (including phenoxy) is 1. The highest BCUT2D eigenvalue weighted by Crippen LogP contribution is 2.28. The highest BCUT2D eigenvalue weighted by atomic mass is 16.5. The van der Waals surface area contributed by atoms with Crippen LogP contribution in [0.25, 0.3) is 0 Å². The van der Waals surface area contributed by atoms with Gasteiger partial charge in [-0.15, -0.1) is 0 Å². The van der Waals surface area contributed by atoms with E-state index in [1.165, 1.54) is 5.56 Å². The van der Waals surface area contributed by atoms with E-state index >= 15 is 0 Å². The Morgan fingerprint density at radius 1 is 1.29 bits per heavy atom. The van der Waals surface area contributed by atoms with Gasteiger partial charge in [0.2, 0.25) is 5.91 Å². The number of carbonyl (C=O) groups excluding carboxylic acids is 1. The third-order valence-electron chi connectivity index (χ3n) is 4.51. The van der Waals surface area contributed by atoms with Gasteiger partial charge in [-0.2, -0.15) is 0 Å². The fourth-order valence-corrected chi connectivity index (χ4v) is 2.87. The van der Waals surface area contributed by atoms with Gasteiger partial charge in [-0.25, -0.2) is 0 Å². The van der Waals surface area contributed by atoms with E-state index in [0.29, 0.717) is 6.54 Å². The predicted molar refractivity (Wildman–Crippen MR) is 99.0 cm³/mol. The van der Waals surface area contributed by atoms with Gasteiger partial charge in [-0.05, 0) is 36.7 Å². The van der Waals surface area contributed by atoms with Gasteiger partial charge in [0.05, 0.1) is 6.10 Å². The molecular weight excluding hydrogens is 298 g/mol. The van der Waals surface area contributed by atoms with Gasteiger partial charge < -0.3 is 10.1 Å². The van der Waals surface area contributed by atoms with Crippen molar-refractivity contribution in [1.29, 1.82) is 0 Å². The maximum Gasteiger partial charge on any atom is 0.244 e. The zero-order valence-corrected chi connectivity index (χ0v) is 14.8. The molecule has 3 nitrogen and oxygen atoms in total. The minimum atomic E-state index is -0.0558. The summed E-state index contributed by atoms with van der Waals surface area (Å²) in [6.45, 7) is 5.96. The van der Waals surface area contributed by atoms with Crippen molar-refractivity contribution in [2.45, 2.75) is 51.0 Å². The minimum absolute atomic E-state index is 0.0558. The summed E-state index contributed by atoms with van der Waals surface area (Å²) in [5, 5.41) is 2.88. The van der Waals surface area contributed by atoms with Gasteiger partial charge >= 0.3 is 0 Å². The maximum absolute atomic E-state index is 11.7. The molecule has 1 saturated heterocycles. The molecule has 0 aromatic heterocycles. The van der Waals surface area contributed by atoms with Crippen molar-refractivity contribution < 1.29 is 9.53 Å². The van der Waals surface area contributed by atoms with E-state index < -0.39 is 0 Å². The van der Waals surface area contributed by atoms with E-state index in [0.717, 1.165) is 32.3 Å². The number of amides is 1. The molecule has 1 N–H and O–H groups in total. The predicted octanol–water partition coefficient (Wildman–Crippen LogP) is 4.15. The molecule has 1 aliphatic rings. The van der Waals surface area contributed by atoms with Crippen LogP contribution in [0.2, 0.25) is 0 Å². The molecule has 1 heterocycles. The molecule has 1 atom stereocenters. The van der Waals surface area contributed by atoms with Gasteiger partial charge in [-0.3, -0.25) is 4.79 Å². The van der Waals surface area contributed by atoms with Crippen molar-refractivity contribution >= 4 is 5.91 Å². The quantitative estimate of drug-likeness (QED) is 0.575. The molecule has 2 rings (SSSR count). The lowest BCUT2D eigenvalue weighted by Crippen LogP contribution is -2.30. The highest BCUT2D eigenvalue weighted by Gasteiger charge is 2.18. The van der Waals surface area contributed by atoms with Crippen molar-refractivity contribution in [2.75, 3.05) is 13.2 Å². The maximum atomic E-state index is 11.7. The highest BCUT2D eigenvalue weighted by molar-refractivity contribution is 5.87. The van der Waals surface area contributed by atoms with Crippen LogP contribution in [0.1, 0.15) is 45.1 Å². The van der Waals surface area contributed by atoms with Gasteiger partial charge in [0.1, 0.15) is 0 Å². The molecular formula is C21H29NO2. The standard InChI is InChI=1S/C21H29NO2/c1-21(2,18-11-6-5-7-12-18)15-9-4-3-8-14-20(23)22-17-19-13-10-16-24-19/h3-8,11-12,14,19H,9-10,13,15-17H2,1-2H3,(H,22,23). The van der Waals surface area contributed by atoms with E-state index in [1.54, 1.807) is 12.2 Å². The molecule has 0 radical (unpaired) electrons. The first-order chi connectivity index (χ1) is 11.6. The Bertz CT molecular complexity index is 554. The first-order valence-electron chi connectivity index (χ1n) is 8.86. The van der Waals surface area contributed by atoms with E-state index in [2.05, 4.69) is 49.5 Å². The van der Waals surface area contributed by atoms with Crippen LogP contribution < -0.4 is 5.32 Å². The van der Waals surface area contributed by atoms with Gasteiger partial charge in [0.25, 0.3) is 0 Å². The number of hydrogen-bond donors (Lipinski definition) is 1. The molecule has 130 valence electrons. The molecule has 3 heteroatoms. The Hall–Kier alpha value is -1.87. The number of rotatable bonds is 8. The zero-order valence-electron chi connectivity index (χ0n) is 14.8. The summed E-state index contributed by atoms with van der Waals surface area (Å²) < 4.78 is 5.48. The van der Waals surface area contributed by atoms with E-state index in [4.69, 9.17) is 4.74 Å². The topological polar surface area (TPSA) is 38.3 Å². The summed E-state index contributed by atoms with van der Waals surface area (Å²) in [4.78, 5) is 11.7. The summed E-state index contributed by atoms with van der Waals surface area (Å²) >= 11 is 0. The molecule has 1 fully saturated rings. The van der Waals surface area contributed by atoms with Crippen molar-refractivity contribution in [1.82, 2.24) is 5.32 Å². The van der Waals surface area contributed by atoms with Crippen LogP contribution in [-0.4, -0.2) is 25.2 Å². The van der Waals surface area contributed by atoms with E-state index in [-0.39, 0.29) is 17.4 Å². The number of nitrogens with one attached hydrogen (secondary N) is 1. The summed E-state index contributed by atoms with van der Waals surface area (Å²) in [6.07, 6.45) is 11.9. The lowest BCUT2D eigenvalue weighted by molar-refractivity contribution is -0.117. The van der Waals surface area contributed by atoms with E-state index in [9.17, 15) is 4.79 Å². The molecule has 0 saturated carbocycles. The Kier molecular flexibility index (Phi) is 7.26. The number of carbonyl (C=O) groups is 1. The normalized spacial score (nSPS) is 18.5.